The van der Waals surface area contributed by atoms with Crippen LogP contribution in [0.3, 0.4) is 0 Å². The molecule has 3 unspecified atom stereocenters. The van der Waals surface area contributed by atoms with Gasteiger partial charge in [-0.3, -0.25) is 4.79 Å². The lowest BCUT2D eigenvalue weighted by Crippen LogP contribution is -2.50. The van der Waals surface area contributed by atoms with Crippen molar-refractivity contribution in [2.24, 2.45) is 5.73 Å². The molecule has 0 spiro atoms. The first kappa shape index (κ1) is 10.9. The zero-order chi connectivity index (χ0) is 10.8. The lowest BCUT2D eigenvalue weighted by molar-refractivity contribution is -0.123. The average molecular weight is 211 g/mol. The number of carbonyl (C=O) groups excluding carboxylic acids is 1. The normalized spacial score (nSPS) is 33.5. The quantitative estimate of drug-likeness (QED) is 0.680. The number of nitrogens with two attached hydrogens (primary N) is 1. The van der Waals surface area contributed by atoms with Gasteiger partial charge in [0.15, 0.2) is 0 Å². The summed E-state index contributed by atoms with van der Waals surface area (Å²) in [5, 5.41) is 3.04. The SMILES string of the molecule is CC(N)C(=O)NC1CCN2CCCC2C1. The van der Waals surface area contributed by atoms with Crippen LogP contribution in [0.5, 0.6) is 0 Å². The Labute approximate surface area is 91.2 Å². The van der Waals surface area contributed by atoms with Crippen molar-refractivity contribution >= 4 is 5.91 Å². The fourth-order valence-corrected chi connectivity index (χ4v) is 2.69. The van der Waals surface area contributed by atoms with Crippen LogP contribution in [0.15, 0.2) is 0 Å². The minimum atomic E-state index is -0.383. The van der Waals surface area contributed by atoms with Crippen molar-refractivity contribution in [3.8, 4) is 0 Å². The fraction of sp³-hybridized carbons (Fsp3) is 0.909. The summed E-state index contributed by atoms with van der Waals surface area (Å²) in [5.41, 5.74) is 5.54. The second-order valence-corrected chi connectivity index (χ2v) is 4.85. The number of nitrogens with one attached hydrogen (secondary N) is 1. The maximum atomic E-state index is 11.5. The minimum Gasteiger partial charge on any atom is -0.352 e. The molecule has 2 rings (SSSR count). The molecule has 0 radical (unpaired) electrons. The largest absolute Gasteiger partial charge is 0.352 e. The van der Waals surface area contributed by atoms with E-state index >= 15 is 0 Å². The first-order valence-electron chi connectivity index (χ1n) is 5.97. The first-order valence-corrected chi connectivity index (χ1v) is 5.97. The summed E-state index contributed by atoms with van der Waals surface area (Å²) in [4.78, 5) is 14.0. The Bertz CT molecular complexity index is 242. The van der Waals surface area contributed by atoms with Gasteiger partial charge >= 0.3 is 0 Å². The van der Waals surface area contributed by atoms with E-state index in [1.165, 1.54) is 19.4 Å². The van der Waals surface area contributed by atoms with Crippen molar-refractivity contribution in [1.29, 1.82) is 0 Å². The number of amides is 1. The number of piperidine rings is 1. The molecule has 3 N–H and O–H groups in total. The van der Waals surface area contributed by atoms with Gasteiger partial charge in [-0.2, -0.15) is 0 Å². The van der Waals surface area contributed by atoms with Gasteiger partial charge in [0.1, 0.15) is 0 Å². The Hall–Kier alpha value is -0.610. The molecule has 0 bridgehead atoms. The summed E-state index contributed by atoms with van der Waals surface area (Å²) in [6.07, 6.45) is 4.80. The third kappa shape index (κ3) is 2.49. The second kappa shape index (κ2) is 4.49. The molecule has 2 saturated heterocycles. The standard InChI is InChI=1S/C11H21N3O/c1-8(12)11(15)13-9-4-6-14-5-2-3-10(14)7-9/h8-10H,2-7,12H2,1H3,(H,13,15). The monoisotopic (exact) mass is 211 g/mol. The summed E-state index contributed by atoms with van der Waals surface area (Å²) < 4.78 is 0. The molecule has 15 heavy (non-hydrogen) atoms. The van der Waals surface area contributed by atoms with Crippen molar-refractivity contribution in [2.75, 3.05) is 13.1 Å². The zero-order valence-corrected chi connectivity index (χ0v) is 9.41. The van der Waals surface area contributed by atoms with Crippen LogP contribution in [0.1, 0.15) is 32.6 Å². The van der Waals surface area contributed by atoms with Crippen LogP contribution in [-0.2, 0) is 4.79 Å². The highest BCUT2D eigenvalue weighted by molar-refractivity contribution is 5.81. The van der Waals surface area contributed by atoms with Crippen molar-refractivity contribution in [3.05, 3.63) is 0 Å². The fourth-order valence-electron chi connectivity index (χ4n) is 2.69. The number of carbonyl (C=O) groups is 1. The van der Waals surface area contributed by atoms with Gasteiger partial charge in [-0.05, 0) is 39.2 Å². The number of fused-ring (bicyclic) bond motifs is 1. The molecule has 86 valence electrons. The molecule has 0 aromatic rings. The van der Waals surface area contributed by atoms with Gasteiger partial charge in [0.2, 0.25) is 5.91 Å². The molecule has 0 aromatic carbocycles. The van der Waals surface area contributed by atoms with Gasteiger partial charge in [-0.15, -0.1) is 0 Å². The Morgan fingerprint density at radius 2 is 2.27 bits per heavy atom. The van der Waals surface area contributed by atoms with Crippen molar-refractivity contribution < 1.29 is 4.79 Å². The van der Waals surface area contributed by atoms with E-state index < -0.39 is 0 Å². The predicted octanol–water partition coefficient (Wildman–Crippen LogP) is 0.0766. The molecule has 1 amide bonds. The lowest BCUT2D eigenvalue weighted by Gasteiger charge is -2.35. The zero-order valence-electron chi connectivity index (χ0n) is 9.41. The summed E-state index contributed by atoms with van der Waals surface area (Å²) in [7, 11) is 0. The average Bonchev–Trinajstić information content (AvgIpc) is 2.64. The van der Waals surface area contributed by atoms with E-state index in [0.29, 0.717) is 12.1 Å². The van der Waals surface area contributed by atoms with E-state index in [4.69, 9.17) is 5.73 Å². The lowest BCUT2D eigenvalue weighted by atomic mass is 9.97. The van der Waals surface area contributed by atoms with Crippen LogP contribution in [-0.4, -0.2) is 42.0 Å². The molecule has 4 nitrogen and oxygen atoms in total. The Balaban J connectivity index is 1.82. The molecule has 0 aromatic heterocycles. The second-order valence-electron chi connectivity index (χ2n) is 4.85. The molecule has 2 aliphatic heterocycles. The third-order valence-electron chi connectivity index (χ3n) is 3.58. The number of hydrogen-bond donors (Lipinski definition) is 2. The van der Waals surface area contributed by atoms with E-state index in [1.54, 1.807) is 6.92 Å². The molecular formula is C11H21N3O. The van der Waals surface area contributed by atoms with Gasteiger partial charge in [0.25, 0.3) is 0 Å². The van der Waals surface area contributed by atoms with E-state index in [0.717, 1.165) is 19.4 Å². The maximum Gasteiger partial charge on any atom is 0.236 e. The van der Waals surface area contributed by atoms with Crippen molar-refractivity contribution in [1.82, 2.24) is 10.2 Å². The Morgan fingerprint density at radius 1 is 1.47 bits per heavy atom. The number of rotatable bonds is 2. The highest BCUT2D eigenvalue weighted by Gasteiger charge is 2.32. The van der Waals surface area contributed by atoms with Crippen LogP contribution in [0.2, 0.25) is 0 Å². The van der Waals surface area contributed by atoms with Crippen molar-refractivity contribution in [2.45, 2.75) is 50.7 Å². The van der Waals surface area contributed by atoms with Crippen LogP contribution in [0, 0.1) is 0 Å². The Kier molecular flexibility index (Phi) is 3.26. The molecule has 0 saturated carbocycles. The van der Waals surface area contributed by atoms with E-state index in [1.807, 2.05) is 0 Å². The van der Waals surface area contributed by atoms with Crippen LogP contribution in [0.25, 0.3) is 0 Å². The van der Waals surface area contributed by atoms with Crippen LogP contribution >= 0.6 is 0 Å². The predicted molar refractivity (Wildman–Crippen MR) is 59.4 cm³/mol. The number of nitrogens with zero attached hydrogens (tertiary/aromatic N) is 1. The molecule has 2 aliphatic rings. The van der Waals surface area contributed by atoms with Crippen LogP contribution in [0.4, 0.5) is 0 Å². The van der Waals surface area contributed by atoms with Gasteiger partial charge in [-0.1, -0.05) is 0 Å². The summed E-state index contributed by atoms with van der Waals surface area (Å²) in [5.74, 6) is -0.00792. The van der Waals surface area contributed by atoms with E-state index in [2.05, 4.69) is 10.2 Å². The minimum absolute atomic E-state index is 0.00792. The third-order valence-corrected chi connectivity index (χ3v) is 3.58. The van der Waals surface area contributed by atoms with E-state index in [9.17, 15) is 4.79 Å². The molecule has 4 heteroatoms. The van der Waals surface area contributed by atoms with Crippen molar-refractivity contribution in [3.63, 3.8) is 0 Å². The molecule has 0 aliphatic carbocycles. The Morgan fingerprint density at radius 3 is 3.00 bits per heavy atom. The topological polar surface area (TPSA) is 58.4 Å². The van der Waals surface area contributed by atoms with Gasteiger partial charge in [0, 0.05) is 18.6 Å². The van der Waals surface area contributed by atoms with Gasteiger partial charge in [-0.25, -0.2) is 0 Å². The maximum absolute atomic E-state index is 11.5. The molecular weight excluding hydrogens is 190 g/mol. The molecule has 3 atom stereocenters. The smallest absolute Gasteiger partial charge is 0.236 e. The molecule has 2 heterocycles. The molecule has 2 fully saturated rings. The highest BCUT2D eigenvalue weighted by atomic mass is 16.2. The van der Waals surface area contributed by atoms with Crippen LogP contribution < -0.4 is 11.1 Å². The van der Waals surface area contributed by atoms with Gasteiger partial charge < -0.3 is 16.0 Å². The summed E-state index contributed by atoms with van der Waals surface area (Å²) in [6.45, 7) is 4.12. The number of hydrogen-bond acceptors (Lipinski definition) is 3. The highest BCUT2D eigenvalue weighted by Crippen LogP contribution is 2.26. The first-order chi connectivity index (χ1) is 7.16. The van der Waals surface area contributed by atoms with E-state index in [-0.39, 0.29) is 11.9 Å². The summed E-state index contributed by atoms with van der Waals surface area (Å²) in [6, 6.07) is 0.673. The van der Waals surface area contributed by atoms with Gasteiger partial charge in [0.05, 0.1) is 6.04 Å². The summed E-state index contributed by atoms with van der Waals surface area (Å²) >= 11 is 0.